The van der Waals surface area contributed by atoms with Crippen molar-refractivity contribution >= 4 is 40.6 Å². The van der Waals surface area contributed by atoms with Gasteiger partial charge in [-0.05, 0) is 65.8 Å². The second kappa shape index (κ2) is 9.38. The van der Waals surface area contributed by atoms with E-state index in [2.05, 4.69) is 10.3 Å². The zero-order valence-electron chi connectivity index (χ0n) is 17.2. The third-order valence-electron chi connectivity index (χ3n) is 5.11. The molecule has 3 aromatic carbocycles. The van der Waals surface area contributed by atoms with Gasteiger partial charge in [0.15, 0.2) is 4.77 Å². The number of nitrogens with one attached hydrogen (secondary N) is 2. The Labute approximate surface area is 194 Å². The molecule has 0 unspecified atom stereocenters. The molecule has 0 aliphatic heterocycles. The minimum absolute atomic E-state index is 0.215. The molecule has 2 N–H and O–H groups in total. The summed E-state index contributed by atoms with van der Waals surface area (Å²) < 4.78 is 6.96. The Kier molecular flexibility index (Phi) is 6.39. The van der Waals surface area contributed by atoms with Crippen LogP contribution in [-0.4, -0.2) is 22.6 Å². The van der Waals surface area contributed by atoms with Crippen LogP contribution in [0.4, 0.5) is 0 Å². The average molecular weight is 466 g/mol. The van der Waals surface area contributed by atoms with E-state index in [4.69, 9.17) is 28.6 Å². The molecule has 6 nitrogen and oxygen atoms in total. The van der Waals surface area contributed by atoms with Gasteiger partial charge < -0.3 is 15.0 Å². The van der Waals surface area contributed by atoms with Crippen molar-refractivity contribution in [2.24, 2.45) is 0 Å². The highest BCUT2D eigenvalue weighted by atomic mass is 35.5. The number of aromatic amines is 1. The molecule has 1 amide bonds. The largest absolute Gasteiger partial charge is 0.497 e. The molecule has 4 rings (SSSR count). The molecule has 4 aromatic rings. The molecule has 0 spiro atoms. The molecule has 1 aromatic heterocycles. The van der Waals surface area contributed by atoms with Crippen LogP contribution < -0.4 is 15.6 Å². The number of rotatable bonds is 6. The first-order valence-corrected chi connectivity index (χ1v) is 10.7. The standard InChI is InChI=1S/C24H20ClN3O3S/c1-31-19-9-4-16(5-10-19)14-28-23(30)20-11-6-17(12-21(20)27-24(28)32)22(29)26-13-15-2-7-18(25)8-3-15/h2-12H,13-14H2,1H3,(H,26,29)(H,27,32). The van der Waals surface area contributed by atoms with Crippen LogP contribution >= 0.6 is 23.8 Å². The van der Waals surface area contributed by atoms with Gasteiger partial charge in [0, 0.05) is 17.1 Å². The Hall–Kier alpha value is -3.42. The molecule has 0 aliphatic carbocycles. The Balaban J connectivity index is 1.57. The first-order chi connectivity index (χ1) is 15.4. The SMILES string of the molecule is COc1ccc(Cn2c(=S)[nH]c3cc(C(=O)NCc4ccc(Cl)cc4)ccc3c2=O)cc1. The summed E-state index contributed by atoms with van der Waals surface area (Å²) in [4.78, 5) is 28.7. The van der Waals surface area contributed by atoms with Gasteiger partial charge in [0.2, 0.25) is 0 Å². The van der Waals surface area contributed by atoms with Crippen molar-refractivity contribution < 1.29 is 9.53 Å². The van der Waals surface area contributed by atoms with Gasteiger partial charge in [-0.1, -0.05) is 35.9 Å². The van der Waals surface area contributed by atoms with Crippen molar-refractivity contribution in [3.63, 3.8) is 0 Å². The number of hydrogen-bond donors (Lipinski definition) is 2. The number of carbonyl (C=O) groups excluding carboxylic acids is 1. The Morgan fingerprint density at radius 1 is 1.06 bits per heavy atom. The zero-order valence-corrected chi connectivity index (χ0v) is 18.8. The summed E-state index contributed by atoms with van der Waals surface area (Å²) in [6.07, 6.45) is 0. The predicted molar refractivity (Wildman–Crippen MR) is 128 cm³/mol. The molecular weight excluding hydrogens is 446 g/mol. The molecule has 0 atom stereocenters. The lowest BCUT2D eigenvalue weighted by atomic mass is 10.1. The number of aromatic nitrogens is 2. The molecular formula is C24H20ClN3O3S. The van der Waals surface area contributed by atoms with E-state index in [1.165, 1.54) is 4.57 Å². The molecule has 32 heavy (non-hydrogen) atoms. The quantitative estimate of drug-likeness (QED) is 0.405. The number of benzene rings is 3. The van der Waals surface area contributed by atoms with E-state index >= 15 is 0 Å². The van der Waals surface area contributed by atoms with Gasteiger partial charge in [0.05, 0.1) is 24.6 Å². The Morgan fingerprint density at radius 3 is 2.44 bits per heavy atom. The minimum atomic E-state index is -0.247. The van der Waals surface area contributed by atoms with Crippen LogP contribution in [-0.2, 0) is 13.1 Å². The second-order valence-corrected chi connectivity index (χ2v) is 8.06. The third kappa shape index (κ3) is 4.74. The van der Waals surface area contributed by atoms with E-state index in [0.29, 0.717) is 34.6 Å². The van der Waals surface area contributed by atoms with Crippen LogP contribution in [0, 0.1) is 4.77 Å². The summed E-state index contributed by atoms with van der Waals surface area (Å²) in [5.74, 6) is 0.496. The third-order valence-corrected chi connectivity index (χ3v) is 5.68. The fourth-order valence-corrected chi connectivity index (χ4v) is 3.72. The summed E-state index contributed by atoms with van der Waals surface area (Å²) in [7, 11) is 1.60. The lowest BCUT2D eigenvalue weighted by molar-refractivity contribution is 0.0951. The number of ether oxygens (including phenoxy) is 1. The van der Waals surface area contributed by atoms with Crippen molar-refractivity contribution in [2.75, 3.05) is 7.11 Å². The molecule has 8 heteroatoms. The number of hydrogen-bond acceptors (Lipinski definition) is 4. The maximum Gasteiger partial charge on any atom is 0.262 e. The van der Waals surface area contributed by atoms with Crippen molar-refractivity contribution in [1.29, 1.82) is 0 Å². The molecule has 1 heterocycles. The van der Waals surface area contributed by atoms with Gasteiger partial charge in [0.1, 0.15) is 5.75 Å². The summed E-state index contributed by atoms with van der Waals surface area (Å²) in [5, 5.41) is 3.97. The normalized spacial score (nSPS) is 10.8. The van der Waals surface area contributed by atoms with Gasteiger partial charge >= 0.3 is 0 Å². The van der Waals surface area contributed by atoms with E-state index in [9.17, 15) is 9.59 Å². The Morgan fingerprint density at radius 2 is 1.75 bits per heavy atom. The number of halogens is 1. The fourth-order valence-electron chi connectivity index (χ4n) is 3.34. The predicted octanol–water partition coefficient (Wildman–Crippen LogP) is 4.70. The van der Waals surface area contributed by atoms with Crippen LogP contribution in [0.3, 0.4) is 0 Å². The molecule has 0 fully saturated rings. The molecule has 0 radical (unpaired) electrons. The highest BCUT2D eigenvalue weighted by Crippen LogP contribution is 2.15. The number of H-pyrrole nitrogens is 1. The maximum absolute atomic E-state index is 13.0. The second-order valence-electron chi connectivity index (χ2n) is 7.24. The Bertz CT molecular complexity index is 1390. The first kappa shape index (κ1) is 21.8. The van der Waals surface area contributed by atoms with Gasteiger partial charge in [-0.2, -0.15) is 0 Å². The number of amides is 1. The van der Waals surface area contributed by atoms with E-state index < -0.39 is 0 Å². The maximum atomic E-state index is 13.0. The number of carbonyl (C=O) groups is 1. The fraction of sp³-hybridized carbons (Fsp3) is 0.125. The van der Waals surface area contributed by atoms with Gasteiger partial charge in [-0.3, -0.25) is 14.2 Å². The smallest absolute Gasteiger partial charge is 0.262 e. The molecule has 0 saturated carbocycles. The van der Waals surface area contributed by atoms with Crippen molar-refractivity contribution in [3.05, 3.63) is 104 Å². The minimum Gasteiger partial charge on any atom is -0.497 e. The highest BCUT2D eigenvalue weighted by molar-refractivity contribution is 7.71. The van der Waals surface area contributed by atoms with Crippen molar-refractivity contribution in [2.45, 2.75) is 13.1 Å². The number of fused-ring (bicyclic) bond motifs is 1. The van der Waals surface area contributed by atoms with Crippen LogP contribution in [0.25, 0.3) is 10.9 Å². The zero-order chi connectivity index (χ0) is 22.7. The van der Waals surface area contributed by atoms with E-state index in [-0.39, 0.29) is 16.2 Å². The van der Waals surface area contributed by atoms with E-state index in [0.717, 1.165) is 16.9 Å². The van der Waals surface area contributed by atoms with Crippen LogP contribution in [0.1, 0.15) is 21.5 Å². The molecule has 162 valence electrons. The summed E-state index contributed by atoms with van der Waals surface area (Å²) in [5.41, 5.74) is 2.59. The van der Waals surface area contributed by atoms with Gasteiger partial charge in [-0.15, -0.1) is 0 Å². The number of nitrogens with zero attached hydrogens (tertiary/aromatic N) is 1. The molecule has 0 saturated heterocycles. The summed E-state index contributed by atoms with van der Waals surface area (Å²) >= 11 is 11.3. The summed E-state index contributed by atoms with van der Waals surface area (Å²) in [6, 6.07) is 19.6. The highest BCUT2D eigenvalue weighted by Gasteiger charge is 2.11. The van der Waals surface area contributed by atoms with Crippen LogP contribution in [0.2, 0.25) is 5.02 Å². The van der Waals surface area contributed by atoms with Crippen LogP contribution in [0.5, 0.6) is 5.75 Å². The van der Waals surface area contributed by atoms with E-state index in [1.807, 2.05) is 36.4 Å². The van der Waals surface area contributed by atoms with Gasteiger partial charge in [-0.25, -0.2) is 0 Å². The van der Waals surface area contributed by atoms with Crippen molar-refractivity contribution in [3.8, 4) is 5.75 Å². The van der Waals surface area contributed by atoms with Crippen molar-refractivity contribution in [1.82, 2.24) is 14.9 Å². The summed E-state index contributed by atoms with van der Waals surface area (Å²) in [6.45, 7) is 0.699. The molecule has 0 aliphatic rings. The lowest BCUT2D eigenvalue weighted by Gasteiger charge is -2.10. The lowest BCUT2D eigenvalue weighted by Crippen LogP contribution is -2.24. The number of methoxy groups -OCH3 is 1. The topological polar surface area (TPSA) is 76.1 Å². The van der Waals surface area contributed by atoms with Gasteiger partial charge in [0.25, 0.3) is 11.5 Å². The first-order valence-electron chi connectivity index (χ1n) is 9.87. The van der Waals surface area contributed by atoms with Crippen LogP contribution in [0.15, 0.2) is 71.5 Å². The average Bonchev–Trinajstić information content (AvgIpc) is 2.81. The van der Waals surface area contributed by atoms with E-state index in [1.54, 1.807) is 37.4 Å². The monoisotopic (exact) mass is 465 g/mol. The molecule has 0 bridgehead atoms.